The average Bonchev–Trinajstić information content (AvgIpc) is 2.74. The average molecular weight is 411 g/mol. The normalized spacial score (nSPS) is 10.5. The molecule has 150 valence electrons. The first-order valence-electron chi connectivity index (χ1n) is 8.97. The molecular formula is C20H21N5O3S. The maximum absolute atomic E-state index is 12.9. The van der Waals surface area contributed by atoms with Gasteiger partial charge in [-0.2, -0.15) is 0 Å². The van der Waals surface area contributed by atoms with E-state index < -0.39 is 5.91 Å². The predicted octanol–water partition coefficient (Wildman–Crippen LogP) is 2.77. The number of hydrogen-bond acceptors (Lipinski definition) is 7. The van der Waals surface area contributed by atoms with Crippen LogP contribution < -0.4 is 21.3 Å². The van der Waals surface area contributed by atoms with Gasteiger partial charge < -0.3 is 15.8 Å². The van der Waals surface area contributed by atoms with Crippen molar-refractivity contribution in [2.75, 3.05) is 11.1 Å². The van der Waals surface area contributed by atoms with Gasteiger partial charge in [0.25, 0.3) is 5.56 Å². The van der Waals surface area contributed by atoms with E-state index in [-0.39, 0.29) is 17.9 Å². The van der Waals surface area contributed by atoms with Gasteiger partial charge in [0.15, 0.2) is 5.69 Å². The second-order valence-electron chi connectivity index (χ2n) is 5.99. The van der Waals surface area contributed by atoms with Crippen LogP contribution in [-0.2, 0) is 12.5 Å². The van der Waals surface area contributed by atoms with Gasteiger partial charge >= 0.3 is 0 Å². The number of primary amides is 1. The predicted molar refractivity (Wildman–Crippen MR) is 113 cm³/mol. The number of amides is 1. The van der Waals surface area contributed by atoms with Crippen molar-refractivity contribution >= 4 is 29.3 Å². The van der Waals surface area contributed by atoms with Crippen molar-refractivity contribution in [1.29, 1.82) is 0 Å². The monoisotopic (exact) mass is 411 g/mol. The summed E-state index contributed by atoms with van der Waals surface area (Å²) in [5, 5.41) is 11.3. The molecule has 0 aliphatic carbocycles. The number of nitrogens with one attached hydrogen (secondary N) is 1. The molecule has 1 aromatic heterocycles. The number of thioether (sulfide) groups is 1. The van der Waals surface area contributed by atoms with Crippen LogP contribution in [0.2, 0.25) is 0 Å². The molecule has 1 heterocycles. The Bertz CT molecular complexity index is 1020. The van der Waals surface area contributed by atoms with Crippen LogP contribution in [0.25, 0.3) is 0 Å². The van der Waals surface area contributed by atoms with Crippen molar-refractivity contribution in [3.63, 3.8) is 0 Å². The Morgan fingerprint density at radius 2 is 1.86 bits per heavy atom. The van der Waals surface area contributed by atoms with Crippen molar-refractivity contribution in [1.82, 2.24) is 14.8 Å². The summed E-state index contributed by atoms with van der Waals surface area (Å²) in [5.41, 5.74) is 6.27. The fourth-order valence-corrected chi connectivity index (χ4v) is 3.06. The number of para-hydroxylation sites is 1. The number of rotatable bonds is 9. The largest absolute Gasteiger partial charge is 0.487 e. The Kier molecular flexibility index (Phi) is 6.85. The van der Waals surface area contributed by atoms with Gasteiger partial charge in [-0.3, -0.25) is 14.2 Å². The van der Waals surface area contributed by atoms with Crippen LogP contribution in [0.5, 0.6) is 5.75 Å². The van der Waals surface area contributed by atoms with Crippen molar-refractivity contribution in [3.05, 3.63) is 76.2 Å². The Morgan fingerprint density at radius 1 is 1.14 bits per heavy atom. The molecule has 8 nitrogen and oxygen atoms in total. The first-order chi connectivity index (χ1) is 14.1. The van der Waals surface area contributed by atoms with Gasteiger partial charge in [-0.05, 0) is 42.2 Å². The molecule has 0 unspecified atom stereocenters. The van der Waals surface area contributed by atoms with Crippen molar-refractivity contribution in [3.8, 4) is 5.75 Å². The molecule has 0 spiro atoms. The second kappa shape index (κ2) is 9.74. The fraction of sp³-hybridized carbons (Fsp3) is 0.200. The maximum atomic E-state index is 12.9. The first kappa shape index (κ1) is 20.4. The zero-order valence-corrected chi connectivity index (χ0v) is 16.7. The van der Waals surface area contributed by atoms with Gasteiger partial charge in [-0.15, -0.1) is 22.0 Å². The Balaban J connectivity index is 1.83. The number of anilines is 2. The van der Waals surface area contributed by atoms with Crippen LogP contribution in [0.4, 0.5) is 11.6 Å². The molecule has 3 aromatic rings. The molecule has 0 saturated heterocycles. The Labute approximate surface area is 172 Å². The number of benzene rings is 2. The molecule has 0 atom stereocenters. The molecule has 0 fully saturated rings. The number of hydrogen-bond donors (Lipinski definition) is 2. The van der Waals surface area contributed by atoms with Gasteiger partial charge in [0.05, 0.1) is 5.88 Å². The highest BCUT2D eigenvalue weighted by Gasteiger charge is 2.13. The van der Waals surface area contributed by atoms with Crippen molar-refractivity contribution < 1.29 is 9.53 Å². The number of nitrogens with zero attached hydrogens (tertiary/aromatic N) is 3. The van der Waals surface area contributed by atoms with E-state index in [4.69, 9.17) is 10.5 Å². The lowest BCUT2D eigenvalue weighted by Gasteiger charge is -2.14. The second-order valence-corrected chi connectivity index (χ2v) is 7.24. The quantitative estimate of drug-likeness (QED) is 0.557. The molecule has 0 aliphatic heterocycles. The lowest BCUT2D eigenvalue weighted by Crippen LogP contribution is -2.29. The van der Waals surface area contributed by atoms with Crippen LogP contribution in [0.3, 0.4) is 0 Å². The molecule has 3 rings (SSSR count). The van der Waals surface area contributed by atoms with Gasteiger partial charge in [-0.1, -0.05) is 25.1 Å². The van der Waals surface area contributed by atoms with E-state index in [2.05, 4.69) is 15.5 Å². The van der Waals surface area contributed by atoms with Crippen LogP contribution >= 0.6 is 11.8 Å². The highest BCUT2D eigenvalue weighted by Crippen LogP contribution is 2.16. The number of nitrogens with two attached hydrogens (primary N) is 1. The van der Waals surface area contributed by atoms with E-state index in [0.717, 1.165) is 5.75 Å². The Morgan fingerprint density at radius 3 is 2.52 bits per heavy atom. The van der Waals surface area contributed by atoms with E-state index >= 15 is 0 Å². The smallest absolute Gasteiger partial charge is 0.281 e. The van der Waals surface area contributed by atoms with Crippen LogP contribution in [0.15, 0.2) is 59.4 Å². The Hall–Kier alpha value is -3.33. The van der Waals surface area contributed by atoms with Crippen LogP contribution in [0, 0.1) is 0 Å². The van der Waals surface area contributed by atoms with E-state index in [1.807, 2.05) is 37.3 Å². The summed E-state index contributed by atoms with van der Waals surface area (Å²) >= 11 is 1.58. The summed E-state index contributed by atoms with van der Waals surface area (Å²) in [6, 6.07) is 15.8. The molecule has 0 radical (unpaired) electrons. The van der Waals surface area contributed by atoms with E-state index in [0.29, 0.717) is 28.8 Å². The number of aromatic nitrogens is 3. The number of carbonyl (C=O) groups excluding carboxylic acids is 1. The lowest BCUT2D eigenvalue weighted by molar-refractivity contribution is 0.100. The summed E-state index contributed by atoms with van der Waals surface area (Å²) in [7, 11) is 0. The van der Waals surface area contributed by atoms with Gasteiger partial charge in [0, 0.05) is 11.3 Å². The molecule has 29 heavy (non-hydrogen) atoms. The third-order valence-electron chi connectivity index (χ3n) is 3.98. The summed E-state index contributed by atoms with van der Waals surface area (Å²) in [6.07, 6.45) is 0. The van der Waals surface area contributed by atoms with E-state index in [1.54, 1.807) is 36.0 Å². The minimum Gasteiger partial charge on any atom is -0.487 e. The standard InChI is InChI=1S/C20H21N5O3S/c1-2-29-13-25-19(27)17(12-28-16-6-4-3-5-7-16)23-24-20(25)22-15-10-8-14(9-11-15)18(21)26/h3-11H,2,12-13H2,1H3,(H2,21,26)(H,22,24). The third kappa shape index (κ3) is 5.35. The number of ether oxygens (including phenoxy) is 1. The first-order valence-corrected chi connectivity index (χ1v) is 10.1. The van der Waals surface area contributed by atoms with Crippen molar-refractivity contribution in [2.24, 2.45) is 5.73 Å². The highest BCUT2D eigenvalue weighted by molar-refractivity contribution is 7.98. The molecule has 0 saturated carbocycles. The zero-order valence-electron chi connectivity index (χ0n) is 15.9. The van der Waals surface area contributed by atoms with Crippen molar-refractivity contribution in [2.45, 2.75) is 19.4 Å². The summed E-state index contributed by atoms with van der Waals surface area (Å²) in [4.78, 5) is 24.1. The zero-order chi connectivity index (χ0) is 20.6. The fourth-order valence-electron chi connectivity index (χ4n) is 2.46. The van der Waals surface area contributed by atoms with E-state index in [1.165, 1.54) is 4.57 Å². The minimum atomic E-state index is -0.504. The molecule has 2 aromatic carbocycles. The van der Waals surface area contributed by atoms with Crippen LogP contribution in [0.1, 0.15) is 23.0 Å². The third-order valence-corrected chi connectivity index (χ3v) is 4.83. The maximum Gasteiger partial charge on any atom is 0.281 e. The molecule has 0 aliphatic rings. The van der Waals surface area contributed by atoms with Gasteiger partial charge in [0.2, 0.25) is 11.9 Å². The summed E-state index contributed by atoms with van der Waals surface area (Å²) < 4.78 is 7.16. The lowest BCUT2D eigenvalue weighted by atomic mass is 10.2. The topological polar surface area (TPSA) is 112 Å². The van der Waals surface area contributed by atoms with Crippen LogP contribution in [-0.4, -0.2) is 26.4 Å². The summed E-state index contributed by atoms with van der Waals surface area (Å²) in [6.45, 7) is 2.04. The molecule has 0 bridgehead atoms. The number of carbonyl (C=O) groups is 1. The molecular weight excluding hydrogens is 390 g/mol. The minimum absolute atomic E-state index is 0.0280. The molecule has 9 heteroatoms. The highest BCUT2D eigenvalue weighted by atomic mass is 32.2. The summed E-state index contributed by atoms with van der Waals surface area (Å²) in [5.74, 6) is 1.73. The SMILES string of the molecule is CCSCn1c(Nc2ccc(C(N)=O)cc2)nnc(COc2ccccc2)c1=O. The molecule has 1 amide bonds. The van der Waals surface area contributed by atoms with Gasteiger partial charge in [0.1, 0.15) is 12.4 Å². The van der Waals surface area contributed by atoms with E-state index in [9.17, 15) is 9.59 Å². The molecule has 3 N–H and O–H groups in total. The van der Waals surface area contributed by atoms with Gasteiger partial charge in [-0.25, -0.2) is 0 Å².